The first kappa shape index (κ1) is 51.9. The van der Waals surface area contributed by atoms with Gasteiger partial charge in [0, 0.05) is 39.3 Å². The molecule has 4 heterocycles. The topological polar surface area (TPSA) is 327 Å². The summed E-state index contributed by atoms with van der Waals surface area (Å²) >= 11 is 2.03. The number of carbonyl (C=O) groups excluding carboxylic acids is 6. The number of amides is 6. The summed E-state index contributed by atoms with van der Waals surface area (Å²) in [7, 11) is 0. The van der Waals surface area contributed by atoms with Crippen LogP contribution in [0.4, 0.5) is 0 Å². The van der Waals surface area contributed by atoms with E-state index in [2.05, 4.69) is 51.2 Å². The minimum absolute atomic E-state index is 0.0321. The molecule has 356 valence electrons. The molecule has 7 N–H and O–H groups in total. The molecule has 6 amide bonds. The molecule has 27 heteroatoms. The van der Waals surface area contributed by atoms with E-state index in [0.29, 0.717) is 42.4 Å². The van der Waals surface area contributed by atoms with Crippen molar-refractivity contribution in [3.63, 3.8) is 0 Å². The van der Waals surface area contributed by atoms with Crippen molar-refractivity contribution in [2.45, 2.75) is 37.9 Å². The van der Waals surface area contributed by atoms with Crippen molar-refractivity contribution in [1.29, 1.82) is 0 Å². The van der Waals surface area contributed by atoms with Crippen LogP contribution in [0.15, 0.2) is 23.8 Å². The summed E-state index contributed by atoms with van der Waals surface area (Å²) in [4.78, 5) is 116. The summed E-state index contributed by atoms with van der Waals surface area (Å²) in [6.07, 6.45) is 4.13. The van der Waals surface area contributed by atoms with Crippen molar-refractivity contribution in [1.82, 2.24) is 70.1 Å². The van der Waals surface area contributed by atoms with Gasteiger partial charge in [0.05, 0.1) is 75.1 Å². The number of nitrogens with zero attached hydrogens (tertiary/aromatic N) is 9. The van der Waals surface area contributed by atoms with E-state index in [0.717, 1.165) is 0 Å². The average Bonchev–Trinajstić information content (AvgIpc) is 3.86. The molecule has 0 aromatic carbocycles. The van der Waals surface area contributed by atoms with Crippen molar-refractivity contribution in [2.24, 2.45) is 5.73 Å². The van der Waals surface area contributed by atoms with E-state index in [4.69, 9.17) is 24.7 Å². The van der Waals surface area contributed by atoms with Gasteiger partial charge in [-0.2, -0.15) is 0 Å². The molecular weight excluding hydrogens is 969 g/mol. The first-order valence-corrected chi connectivity index (χ1v) is 21.8. The molecule has 1 atom stereocenters. The van der Waals surface area contributed by atoms with Gasteiger partial charge >= 0.3 is 0 Å². The number of carbonyl (C=O) groups is 6. The van der Waals surface area contributed by atoms with E-state index in [-0.39, 0.29) is 113 Å². The molecule has 0 spiro atoms. The number of H-pyrrole nitrogens is 1. The number of aromatic nitrogens is 8. The van der Waals surface area contributed by atoms with E-state index < -0.39 is 41.6 Å². The fraction of sp³-hybridized carbons (Fsp3) is 0.579. The Balaban J connectivity index is 1.27. The Morgan fingerprint density at radius 2 is 1.25 bits per heavy atom. The average molecular weight is 1030 g/mol. The number of imidazole rings is 2. The van der Waals surface area contributed by atoms with Gasteiger partial charge in [0.25, 0.3) is 5.56 Å². The second kappa shape index (κ2) is 27.5. The molecule has 4 rings (SSSR count). The number of hydrogen-bond acceptors (Lipinski definition) is 17. The van der Waals surface area contributed by atoms with Crippen LogP contribution in [0.5, 0.6) is 0 Å². The molecule has 0 saturated carbocycles. The van der Waals surface area contributed by atoms with Gasteiger partial charge in [-0.05, 0) is 20.8 Å². The molecule has 65 heavy (non-hydrogen) atoms. The van der Waals surface area contributed by atoms with Gasteiger partial charge < -0.3 is 69.9 Å². The minimum Gasteiger partial charge on any atom is -0.378 e. The van der Waals surface area contributed by atoms with Gasteiger partial charge in [-0.3, -0.25) is 33.6 Å². The number of halogens is 1. The number of ether oxygens (including phenoxy) is 4. The quantitative estimate of drug-likeness (QED) is 0.0128. The first-order chi connectivity index (χ1) is 31.2. The number of nitrogens with two attached hydrogens (primary N) is 1. The molecular formula is C38H56IN15O11. The van der Waals surface area contributed by atoms with Crippen LogP contribution in [0.25, 0.3) is 22.3 Å². The number of fused-ring (bicyclic) bond motifs is 2. The Hall–Kier alpha value is -5.75. The molecule has 4 aromatic rings. The van der Waals surface area contributed by atoms with Gasteiger partial charge in [0.2, 0.25) is 35.4 Å². The zero-order valence-electron chi connectivity index (χ0n) is 36.5. The van der Waals surface area contributed by atoms with Crippen LogP contribution < -0.4 is 32.6 Å². The van der Waals surface area contributed by atoms with E-state index in [9.17, 15) is 33.6 Å². The van der Waals surface area contributed by atoms with Crippen LogP contribution in [0.2, 0.25) is 0 Å². The zero-order valence-corrected chi connectivity index (χ0v) is 38.7. The molecule has 0 fully saturated rings. The summed E-state index contributed by atoms with van der Waals surface area (Å²) in [6.45, 7) is 5.34. The number of nitrogens with one attached hydrogen (secondary N) is 5. The standard InChI is InChI=1S/C38H56IN15O11/c1-25-34-36(45-22-44-25)53(23-46-34)18-32(59)52(17-29(56)48-26(2)39)8-5-41-28(55)16-51(33(60)19-54-24-47-35-37(54)49-27(3)50-38(35)61)9-6-42-30(57)20-65-15-13-63-11-7-43-31(58)21-64-14-12-62-10-4-40/h22-24,26H,4-21,40H2,1-3H3,(H,41,55)(H,42,57)(H,43,58)(H,48,56)(H,49,50,61). The van der Waals surface area contributed by atoms with E-state index in [1.165, 1.54) is 33.3 Å². The van der Waals surface area contributed by atoms with Crippen molar-refractivity contribution >= 4 is 80.4 Å². The number of aryl methyl sites for hydroxylation is 2. The lowest BCUT2D eigenvalue weighted by molar-refractivity contribution is -0.137. The number of aromatic amines is 1. The first-order valence-electron chi connectivity index (χ1n) is 20.6. The Morgan fingerprint density at radius 1 is 0.708 bits per heavy atom. The summed E-state index contributed by atoms with van der Waals surface area (Å²) in [5, 5.41) is 10.8. The smallest absolute Gasteiger partial charge is 0.279 e. The number of rotatable bonds is 30. The lowest BCUT2D eigenvalue weighted by Gasteiger charge is -2.25. The van der Waals surface area contributed by atoms with Gasteiger partial charge in [-0.25, -0.2) is 24.9 Å². The highest BCUT2D eigenvalue weighted by Gasteiger charge is 2.23. The van der Waals surface area contributed by atoms with E-state index in [1.54, 1.807) is 25.3 Å². The Bertz CT molecular complexity index is 2270. The normalized spacial score (nSPS) is 11.6. The van der Waals surface area contributed by atoms with Crippen molar-refractivity contribution in [2.75, 3.05) is 105 Å². The third kappa shape index (κ3) is 18.0. The molecule has 1 unspecified atom stereocenters. The third-order valence-electron chi connectivity index (χ3n) is 8.97. The SMILES string of the molecule is Cc1nc2c(ncn2CC(=O)N(CCNC(=O)COCCOCCNC(=O)COCCOCCN)CC(=O)NCCN(CC(=O)NC(C)I)C(=O)Cn2cnc3c(C)ncnc32)c(=O)[nH]1. The highest BCUT2D eigenvalue weighted by molar-refractivity contribution is 14.1. The van der Waals surface area contributed by atoms with Gasteiger partial charge in [0.1, 0.15) is 44.0 Å². The Labute approximate surface area is 386 Å². The largest absolute Gasteiger partial charge is 0.378 e. The van der Waals surface area contributed by atoms with Crippen LogP contribution in [-0.2, 0) is 60.8 Å². The van der Waals surface area contributed by atoms with Gasteiger partial charge in [-0.15, -0.1) is 0 Å². The van der Waals surface area contributed by atoms with Crippen LogP contribution in [0, 0.1) is 13.8 Å². The fourth-order valence-electron chi connectivity index (χ4n) is 5.92. The summed E-state index contributed by atoms with van der Waals surface area (Å²) < 4.78 is 23.9. The molecule has 0 aliphatic heterocycles. The predicted octanol–water partition coefficient (Wildman–Crippen LogP) is -3.50. The molecule has 0 saturated heterocycles. The highest BCUT2D eigenvalue weighted by Crippen LogP contribution is 2.12. The lowest BCUT2D eigenvalue weighted by Crippen LogP contribution is -2.48. The van der Waals surface area contributed by atoms with Crippen molar-refractivity contribution in [3.05, 3.63) is 40.9 Å². The van der Waals surface area contributed by atoms with Gasteiger partial charge in [0.15, 0.2) is 16.8 Å². The predicted molar refractivity (Wildman–Crippen MR) is 239 cm³/mol. The van der Waals surface area contributed by atoms with Crippen LogP contribution in [-0.4, -0.2) is 194 Å². The van der Waals surface area contributed by atoms with Gasteiger partial charge in [-0.1, -0.05) is 22.6 Å². The van der Waals surface area contributed by atoms with Crippen molar-refractivity contribution in [3.8, 4) is 0 Å². The zero-order chi connectivity index (χ0) is 47.1. The second-order valence-electron chi connectivity index (χ2n) is 14.2. The number of alkyl halides is 1. The van der Waals surface area contributed by atoms with Crippen LogP contribution in [0.3, 0.4) is 0 Å². The Morgan fingerprint density at radius 3 is 1.86 bits per heavy atom. The molecule has 0 aliphatic carbocycles. The van der Waals surface area contributed by atoms with Crippen LogP contribution >= 0.6 is 22.6 Å². The molecule has 26 nitrogen and oxygen atoms in total. The summed E-state index contributed by atoms with van der Waals surface area (Å²) in [5.74, 6) is -2.45. The van der Waals surface area contributed by atoms with Crippen LogP contribution in [0.1, 0.15) is 18.4 Å². The summed E-state index contributed by atoms with van der Waals surface area (Å²) in [5.41, 5.74) is 6.68. The highest BCUT2D eigenvalue weighted by atomic mass is 127. The summed E-state index contributed by atoms with van der Waals surface area (Å²) in [6, 6.07) is 0. The van der Waals surface area contributed by atoms with Crippen molar-refractivity contribution < 1.29 is 47.7 Å². The molecule has 4 aromatic heterocycles. The fourth-order valence-corrected chi connectivity index (χ4v) is 6.26. The third-order valence-corrected chi connectivity index (χ3v) is 9.28. The minimum atomic E-state index is -0.587. The molecule has 0 bridgehead atoms. The number of hydrogen-bond donors (Lipinski definition) is 6. The maximum absolute atomic E-state index is 13.7. The van der Waals surface area contributed by atoms with E-state index >= 15 is 0 Å². The lowest BCUT2D eigenvalue weighted by atomic mass is 10.3. The maximum atomic E-state index is 13.7. The maximum Gasteiger partial charge on any atom is 0.279 e. The molecule has 0 aliphatic rings. The molecule has 0 radical (unpaired) electrons. The Kier molecular flexibility index (Phi) is 22.0. The monoisotopic (exact) mass is 1030 g/mol. The second-order valence-corrected chi connectivity index (χ2v) is 16.1. The van der Waals surface area contributed by atoms with E-state index in [1.807, 2.05) is 22.6 Å².